The molecule has 0 saturated heterocycles. The monoisotopic (exact) mass is 508 g/mol. The van der Waals surface area contributed by atoms with Crippen LogP contribution in [0.15, 0.2) is 75.7 Å². The van der Waals surface area contributed by atoms with Crippen LogP contribution >= 0.6 is 43.5 Å². The van der Waals surface area contributed by atoms with Crippen molar-refractivity contribution in [2.75, 3.05) is 6.61 Å². The maximum absolute atomic E-state index is 12.7. The van der Waals surface area contributed by atoms with E-state index in [1.807, 2.05) is 36.4 Å². The highest BCUT2D eigenvalue weighted by Gasteiger charge is 2.17. The highest BCUT2D eigenvalue weighted by atomic mass is 79.9. The Labute approximate surface area is 179 Å². The van der Waals surface area contributed by atoms with Crippen molar-refractivity contribution in [1.29, 1.82) is 0 Å². The Kier molecular flexibility index (Phi) is 6.94. The Bertz CT molecular complexity index is 945. The van der Waals surface area contributed by atoms with Crippen molar-refractivity contribution in [2.24, 2.45) is 0 Å². The molecular weight excluding hydrogens is 495 g/mol. The first-order chi connectivity index (χ1) is 13.0. The van der Waals surface area contributed by atoms with Gasteiger partial charge in [0.05, 0.1) is 11.1 Å². The zero-order chi connectivity index (χ0) is 19.2. The summed E-state index contributed by atoms with van der Waals surface area (Å²) in [7, 11) is 0. The van der Waals surface area contributed by atoms with Gasteiger partial charge in [0.1, 0.15) is 17.1 Å². The van der Waals surface area contributed by atoms with Gasteiger partial charge in [0.25, 0.3) is 0 Å². The molecule has 0 saturated carbocycles. The van der Waals surface area contributed by atoms with Crippen LogP contribution in [0, 0.1) is 0 Å². The molecule has 0 fully saturated rings. The minimum Gasteiger partial charge on any atom is -0.492 e. The molecule has 3 rings (SSSR count). The van der Waals surface area contributed by atoms with Crippen molar-refractivity contribution in [3.8, 4) is 11.5 Å². The summed E-state index contributed by atoms with van der Waals surface area (Å²) in [6.45, 7) is 0.455. The van der Waals surface area contributed by atoms with Gasteiger partial charge >= 0.3 is 5.97 Å². The van der Waals surface area contributed by atoms with Gasteiger partial charge in [0, 0.05) is 15.9 Å². The molecule has 0 bridgehead atoms. The maximum atomic E-state index is 12.7. The summed E-state index contributed by atoms with van der Waals surface area (Å²) in [6, 6.07) is 20.3. The highest BCUT2D eigenvalue weighted by Crippen LogP contribution is 2.30. The smallest absolute Gasteiger partial charge is 0.347 e. The van der Waals surface area contributed by atoms with E-state index in [-0.39, 0.29) is 0 Å². The molecule has 0 heterocycles. The van der Waals surface area contributed by atoms with Crippen molar-refractivity contribution in [3.63, 3.8) is 0 Å². The van der Waals surface area contributed by atoms with Gasteiger partial charge in [-0.3, -0.25) is 0 Å². The van der Waals surface area contributed by atoms with Gasteiger partial charge in [0.15, 0.2) is 0 Å². The van der Waals surface area contributed by atoms with Gasteiger partial charge < -0.3 is 9.47 Å². The van der Waals surface area contributed by atoms with Gasteiger partial charge in [-0.2, -0.15) is 0 Å². The van der Waals surface area contributed by atoms with Crippen LogP contribution < -0.4 is 9.47 Å². The van der Waals surface area contributed by atoms with Crippen LogP contribution in [0.1, 0.15) is 15.9 Å². The number of hydrogen-bond acceptors (Lipinski definition) is 3. The second-order valence-corrected chi connectivity index (χ2v) is 7.90. The first-order valence-corrected chi connectivity index (χ1v) is 10.1. The summed E-state index contributed by atoms with van der Waals surface area (Å²) in [4.78, 5) is 12.7. The number of rotatable bonds is 6. The average molecular weight is 511 g/mol. The first kappa shape index (κ1) is 19.9. The highest BCUT2D eigenvalue weighted by molar-refractivity contribution is 9.10. The van der Waals surface area contributed by atoms with E-state index in [1.54, 1.807) is 30.3 Å². The number of carbonyl (C=O) groups is 1. The molecule has 0 aliphatic heterocycles. The van der Waals surface area contributed by atoms with E-state index in [9.17, 15) is 4.79 Å². The molecule has 0 atom stereocenters. The van der Waals surface area contributed by atoms with Gasteiger partial charge in [0.2, 0.25) is 0 Å². The Balaban J connectivity index is 1.73. The zero-order valence-corrected chi connectivity index (χ0v) is 18.1. The Hall–Kier alpha value is -1.82. The number of ether oxygens (including phenoxy) is 2. The molecule has 6 heteroatoms. The number of halogens is 3. The number of esters is 1. The van der Waals surface area contributed by atoms with E-state index < -0.39 is 5.97 Å². The van der Waals surface area contributed by atoms with Crippen LogP contribution in [0.5, 0.6) is 11.5 Å². The summed E-state index contributed by atoms with van der Waals surface area (Å²) in [6.07, 6.45) is 0.744. The fourth-order valence-corrected chi connectivity index (χ4v) is 3.55. The third-order valence-electron chi connectivity index (χ3n) is 3.75. The molecule has 0 radical (unpaired) electrons. The van der Waals surface area contributed by atoms with Gasteiger partial charge in [-0.1, -0.05) is 57.9 Å². The third-order valence-corrected chi connectivity index (χ3v) is 5.10. The lowest BCUT2D eigenvalue weighted by molar-refractivity contribution is 0.0729. The average Bonchev–Trinajstić information content (AvgIpc) is 2.66. The van der Waals surface area contributed by atoms with Crippen LogP contribution in [-0.4, -0.2) is 12.6 Å². The number of hydrogen-bond donors (Lipinski definition) is 0. The predicted octanol–water partition coefficient (Wildman–Crippen LogP) is 6.71. The molecule has 0 aliphatic carbocycles. The molecule has 0 spiro atoms. The molecule has 138 valence electrons. The van der Waals surface area contributed by atoms with E-state index in [1.165, 1.54) is 5.56 Å². The molecule has 0 amide bonds. The zero-order valence-electron chi connectivity index (χ0n) is 14.1. The maximum Gasteiger partial charge on any atom is 0.347 e. The normalized spacial score (nSPS) is 10.5. The van der Waals surface area contributed by atoms with E-state index in [2.05, 4.69) is 31.9 Å². The topological polar surface area (TPSA) is 35.5 Å². The quantitative estimate of drug-likeness (QED) is 0.273. The minimum absolute atomic E-state index is 0.347. The predicted molar refractivity (Wildman–Crippen MR) is 114 cm³/mol. The molecule has 0 aromatic heterocycles. The first-order valence-electron chi connectivity index (χ1n) is 8.16. The Morgan fingerprint density at radius 2 is 1.67 bits per heavy atom. The van der Waals surface area contributed by atoms with Gasteiger partial charge in [-0.05, 0) is 57.9 Å². The van der Waals surface area contributed by atoms with E-state index in [0.717, 1.165) is 10.9 Å². The molecular formula is C21H15Br2ClO3. The van der Waals surface area contributed by atoms with Crippen LogP contribution in [0.4, 0.5) is 0 Å². The fourth-order valence-electron chi connectivity index (χ4n) is 2.42. The molecule has 0 unspecified atom stereocenters. The second kappa shape index (κ2) is 9.40. The van der Waals surface area contributed by atoms with Crippen molar-refractivity contribution >= 4 is 49.4 Å². The van der Waals surface area contributed by atoms with E-state index in [0.29, 0.717) is 33.2 Å². The summed E-state index contributed by atoms with van der Waals surface area (Å²) in [5.41, 5.74) is 1.52. The molecule has 0 N–H and O–H groups in total. The van der Waals surface area contributed by atoms with Crippen molar-refractivity contribution in [2.45, 2.75) is 6.42 Å². The lowest BCUT2D eigenvalue weighted by Gasteiger charge is -2.12. The summed E-state index contributed by atoms with van der Waals surface area (Å²) in [5, 5.41) is 0.550. The summed E-state index contributed by atoms with van der Waals surface area (Å²) >= 11 is 12.7. The SMILES string of the molecule is O=C(Oc1ccc(Cl)cc1Br)c1cc(Br)ccc1OCCc1ccccc1. The Morgan fingerprint density at radius 3 is 2.41 bits per heavy atom. The molecule has 3 aromatic carbocycles. The number of benzene rings is 3. The molecule has 0 aliphatic rings. The largest absolute Gasteiger partial charge is 0.492 e. The molecule has 3 nitrogen and oxygen atoms in total. The lowest BCUT2D eigenvalue weighted by atomic mass is 10.1. The molecule has 27 heavy (non-hydrogen) atoms. The Morgan fingerprint density at radius 1 is 0.926 bits per heavy atom. The van der Waals surface area contributed by atoms with Gasteiger partial charge in [-0.15, -0.1) is 0 Å². The van der Waals surface area contributed by atoms with Crippen molar-refractivity contribution in [1.82, 2.24) is 0 Å². The fraction of sp³-hybridized carbons (Fsp3) is 0.0952. The second-order valence-electron chi connectivity index (χ2n) is 5.69. The van der Waals surface area contributed by atoms with Crippen molar-refractivity contribution in [3.05, 3.63) is 91.8 Å². The third kappa shape index (κ3) is 5.58. The van der Waals surface area contributed by atoms with E-state index >= 15 is 0 Å². The minimum atomic E-state index is -0.506. The summed E-state index contributed by atoms with van der Waals surface area (Å²) < 4.78 is 12.7. The van der Waals surface area contributed by atoms with Crippen LogP contribution in [0.2, 0.25) is 5.02 Å². The van der Waals surface area contributed by atoms with Crippen LogP contribution in [0.25, 0.3) is 0 Å². The van der Waals surface area contributed by atoms with Gasteiger partial charge in [-0.25, -0.2) is 4.79 Å². The standard InChI is InChI=1S/C21H15Br2ClO3/c22-15-6-8-19(26-11-10-14-4-2-1-3-5-14)17(12-15)21(25)27-20-9-7-16(24)13-18(20)23/h1-9,12-13H,10-11H2. The molecule has 3 aromatic rings. The van der Waals surface area contributed by atoms with Crippen molar-refractivity contribution < 1.29 is 14.3 Å². The van der Waals surface area contributed by atoms with E-state index in [4.69, 9.17) is 21.1 Å². The summed E-state index contributed by atoms with van der Waals surface area (Å²) in [5.74, 6) is 0.359. The van der Waals surface area contributed by atoms with Crippen LogP contribution in [0.3, 0.4) is 0 Å². The van der Waals surface area contributed by atoms with Crippen LogP contribution in [-0.2, 0) is 6.42 Å². The lowest BCUT2D eigenvalue weighted by Crippen LogP contribution is -2.12. The number of carbonyl (C=O) groups excluding carboxylic acids is 1.